The summed E-state index contributed by atoms with van der Waals surface area (Å²) < 4.78 is 0. The van der Waals surface area contributed by atoms with Gasteiger partial charge in [0.05, 0.1) is 25.8 Å². The number of thiophene rings is 1. The number of rotatable bonds is 9. The number of hydrogen-bond acceptors (Lipinski definition) is 5. The average molecular weight is 300 g/mol. The average Bonchev–Trinajstić information content (AvgIpc) is 2.89. The minimum absolute atomic E-state index is 0.00704. The van der Waals surface area contributed by atoms with Crippen molar-refractivity contribution >= 4 is 17.2 Å². The number of hydrogen-bond donors (Lipinski definition) is 3. The maximum atomic E-state index is 12.1. The molecule has 0 saturated carbocycles. The maximum absolute atomic E-state index is 12.1. The Morgan fingerprint density at radius 1 is 1.35 bits per heavy atom. The number of amides is 1. The van der Waals surface area contributed by atoms with E-state index in [0.717, 1.165) is 4.88 Å². The van der Waals surface area contributed by atoms with E-state index < -0.39 is 0 Å². The van der Waals surface area contributed by atoms with Gasteiger partial charge < -0.3 is 15.5 Å². The zero-order chi connectivity index (χ0) is 15.0. The summed E-state index contributed by atoms with van der Waals surface area (Å²) in [5, 5.41) is 22.9. The quantitative estimate of drug-likeness (QED) is 0.632. The Morgan fingerprint density at radius 2 is 2.00 bits per heavy atom. The highest BCUT2D eigenvalue weighted by atomic mass is 32.1. The van der Waals surface area contributed by atoms with Crippen LogP contribution in [0.1, 0.15) is 24.8 Å². The van der Waals surface area contributed by atoms with Crippen LogP contribution in [0.4, 0.5) is 0 Å². The van der Waals surface area contributed by atoms with Gasteiger partial charge in [-0.3, -0.25) is 9.69 Å². The van der Waals surface area contributed by atoms with Gasteiger partial charge in [-0.2, -0.15) is 0 Å². The smallest absolute Gasteiger partial charge is 0.234 e. The van der Waals surface area contributed by atoms with Crippen LogP contribution in [0.3, 0.4) is 0 Å². The molecule has 0 aliphatic heterocycles. The largest absolute Gasteiger partial charge is 0.395 e. The highest BCUT2D eigenvalue weighted by molar-refractivity contribution is 7.10. The molecular formula is C14H24N2O3S. The predicted octanol–water partition coefficient (Wildman–Crippen LogP) is 0.848. The van der Waals surface area contributed by atoms with Gasteiger partial charge in [0.2, 0.25) is 5.91 Å². The molecule has 0 bridgehead atoms. The lowest BCUT2D eigenvalue weighted by atomic mass is 10.0. The van der Waals surface area contributed by atoms with Gasteiger partial charge in [-0.25, -0.2) is 0 Å². The molecule has 0 spiro atoms. The van der Waals surface area contributed by atoms with E-state index in [2.05, 4.69) is 19.2 Å². The normalized spacial score (nSPS) is 12.9. The summed E-state index contributed by atoms with van der Waals surface area (Å²) in [4.78, 5) is 15.0. The lowest BCUT2D eigenvalue weighted by Gasteiger charge is -2.24. The maximum Gasteiger partial charge on any atom is 0.234 e. The summed E-state index contributed by atoms with van der Waals surface area (Å²) in [5.74, 6) is 0.223. The van der Waals surface area contributed by atoms with Crippen molar-refractivity contribution in [1.29, 1.82) is 0 Å². The summed E-state index contributed by atoms with van der Waals surface area (Å²) >= 11 is 1.63. The first-order chi connectivity index (χ1) is 9.58. The zero-order valence-electron chi connectivity index (χ0n) is 12.1. The third kappa shape index (κ3) is 5.58. The van der Waals surface area contributed by atoms with Crippen molar-refractivity contribution in [3.05, 3.63) is 22.4 Å². The van der Waals surface area contributed by atoms with Crippen LogP contribution in [0.15, 0.2) is 17.5 Å². The molecule has 0 radical (unpaired) electrons. The van der Waals surface area contributed by atoms with E-state index >= 15 is 0 Å². The molecule has 1 atom stereocenters. The van der Waals surface area contributed by atoms with Gasteiger partial charge in [0.15, 0.2) is 0 Å². The molecule has 1 amide bonds. The number of aliphatic hydroxyl groups is 2. The molecule has 3 N–H and O–H groups in total. The molecule has 1 heterocycles. The minimum atomic E-state index is -0.0843. The van der Waals surface area contributed by atoms with Crippen molar-refractivity contribution in [2.45, 2.75) is 19.9 Å². The fourth-order valence-corrected chi connectivity index (χ4v) is 2.96. The van der Waals surface area contributed by atoms with Crippen LogP contribution in [-0.2, 0) is 4.79 Å². The molecule has 1 aromatic heterocycles. The second-order valence-corrected chi connectivity index (χ2v) is 6.01. The lowest BCUT2D eigenvalue weighted by molar-refractivity contribution is -0.123. The lowest BCUT2D eigenvalue weighted by Crippen LogP contribution is -2.42. The van der Waals surface area contributed by atoms with Crippen LogP contribution in [0.2, 0.25) is 0 Å². The van der Waals surface area contributed by atoms with Crippen LogP contribution in [0.25, 0.3) is 0 Å². The van der Waals surface area contributed by atoms with Gasteiger partial charge in [0.25, 0.3) is 0 Å². The fraction of sp³-hybridized carbons (Fsp3) is 0.643. The van der Waals surface area contributed by atoms with Gasteiger partial charge >= 0.3 is 0 Å². The molecule has 0 aromatic carbocycles. The number of carbonyl (C=O) groups excluding carboxylic acids is 1. The van der Waals surface area contributed by atoms with E-state index in [1.807, 2.05) is 17.5 Å². The van der Waals surface area contributed by atoms with Crippen molar-refractivity contribution < 1.29 is 15.0 Å². The van der Waals surface area contributed by atoms with Crippen molar-refractivity contribution in [2.75, 3.05) is 32.8 Å². The van der Waals surface area contributed by atoms with E-state index in [0.29, 0.717) is 19.0 Å². The first-order valence-electron chi connectivity index (χ1n) is 6.85. The van der Waals surface area contributed by atoms with Crippen molar-refractivity contribution in [3.63, 3.8) is 0 Å². The minimum Gasteiger partial charge on any atom is -0.395 e. The van der Waals surface area contributed by atoms with Crippen LogP contribution < -0.4 is 5.32 Å². The zero-order valence-corrected chi connectivity index (χ0v) is 12.9. The van der Waals surface area contributed by atoms with Gasteiger partial charge in [-0.15, -0.1) is 11.3 Å². The molecule has 0 fully saturated rings. The second kappa shape index (κ2) is 9.07. The molecule has 1 aromatic rings. The molecule has 114 valence electrons. The number of carbonyl (C=O) groups is 1. The molecule has 1 rings (SSSR count). The van der Waals surface area contributed by atoms with Crippen LogP contribution in [0, 0.1) is 5.92 Å². The Labute approximate surface area is 124 Å². The molecule has 0 aliphatic carbocycles. The monoisotopic (exact) mass is 300 g/mol. The van der Waals surface area contributed by atoms with Crippen LogP contribution >= 0.6 is 11.3 Å². The van der Waals surface area contributed by atoms with Crippen LogP contribution in [0.5, 0.6) is 0 Å². The highest BCUT2D eigenvalue weighted by Crippen LogP contribution is 2.25. The number of nitrogens with zero attached hydrogens (tertiary/aromatic N) is 1. The Hall–Kier alpha value is -0.950. The molecule has 20 heavy (non-hydrogen) atoms. The Kier molecular flexibility index (Phi) is 7.76. The first-order valence-corrected chi connectivity index (χ1v) is 7.73. The van der Waals surface area contributed by atoms with Gasteiger partial charge in [0.1, 0.15) is 0 Å². The van der Waals surface area contributed by atoms with E-state index in [1.54, 1.807) is 16.2 Å². The van der Waals surface area contributed by atoms with Gasteiger partial charge in [-0.1, -0.05) is 19.9 Å². The topological polar surface area (TPSA) is 72.8 Å². The molecule has 0 aliphatic rings. The Bertz CT molecular complexity index is 376. The summed E-state index contributed by atoms with van der Waals surface area (Å²) in [6.07, 6.45) is 0. The SMILES string of the molecule is CC(C)C(NC(=O)CN(CCO)CCO)c1cccs1. The summed E-state index contributed by atoms with van der Waals surface area (Å²) in [5.41, 5.74) is 0. The van der Waals surface area contributed by atoms with Crippen LogP contribution in [-0.4, -0.2) is 53.9 Å². The summed E-state index contributed by atoms with van der Waals surface area (Å²) in [6.45, 7) is 5.07. The third-order valence-electron chi connectivity index (χ3n) is 3.03. The fourth-order valence-electron chi connectivity index (χ4n) is 2.01. The number of nitrogens with one attached hydrogen (secondary N) is 1. The molecule has 5 nitrogen and oxygen atoms in total. The third-order valence-corrected chi connectivity index (χ3v) is 3.99. The van der Waals surface area contributed by atoms with Gasteiger partial charge in [0, 0.05) is 18.0 Å². The molecule has 1 unspecified atom stereocenters. The van der Waals surface area contributed by atoms with Crippen molar-refractivity contribution in [1.82, 2.24) is 10.2 Å². The first kappa shape index (κ1) is 17.1. The second-order valence-electron chi connectivity index (χ2n) is 5.03. The van der Waals surface area contributed by atoms with Crippen molar-refractivity contribution in [2.24, 2.45) is 5.92 Å². The van der Waals surface area contributed by atoms with E-state index in [-0.39, 0.29) is 31.7 Å². The molecule has 0 saturated heterocycles. The van der Waals surface area contributed by atoms with Gasteiger partial charge in [-0.05, 0) is 17.4 Å². The molecular weight excluding hydrogens is 276 g/mol. The Morgan fingerprint density at radius 3 is 2.45 bits per heavy atom. The van der Waals surface area contributed by atoms with Crippen molar-refractivity contribution in [3.8, 4) is 0 Å². The highest BCUT2D eigenvalue weighted by Gasteiger charge is 2.20. The predicted molar refractivity (Wildman–Crippen MR) is 80.7 cm³/mol. The van der Waals surface area contributed by atoms with E-state index in [4.69, 9.17) is 10.2 Å². The summed E-state index contributed by atoms with van der Waals surface area (Å²) in [6, 6.07) is 4.01. The number of aliphatic hydroxyl groups excluding tert-OH is 2. The van der Waals surface area contributed by atoms with E-state index in [9.17, 15) is 4.79 Å². The summed E-state index contributed by atoms with van der Waals surface area (Å²) in [7, 11) is 0. The molecule has 6 heteroatoms. The standard InChI is InChI=1S/C14H24N2O3S/c1-11(2)14(12-4-3-9-20-12)15-13(19)10-16(5-7-17)6-8-18/h3-4,9,11,14,17-18H,5-8,10H2,1-2H3,(H,15,19). The Balaban J connectivity index is 2.57. The van der Waals surface area contributed by atoms with E-state index in [1.165, 1.54) is 0 Å².